The minimum Gasteiger partial charge on any atom is -0.379 e. The first-order valence-electron chi connectivity index (χ1n) is 8.42. The van der Waals surface area contributed by atoms with Gasteiger partial charge in [0.2, 0.25) is 5.91 Å². The first kappa shape index (κ1) is 17.5. The molecule has 2 aromatic rings. The number of nitrogens with zero attached hydrogens (tertiary/aromatic N) is 2. The molecule has 1 fully saturated rings. The van der Waals surface area contributed by atoms with Crippen LogP contribution < -0.4 is 5.32 Å². The fourth-order valence-electron chi connectivity index (χ4n) is 3.07. The highest BCUT2D eigenvalue weighted by Crippen LogP contribution is 2.24. The van der Waals surface area contributed by atoms with E-state index in [2.05, 4.69) is 10.3 Å². The van der Waals surface area contributed by atoms with Gasteiger partial charge in [0.05, 0.1) is 19.3 Å². The zero-order valence-electron chi connectivity index (χ0n) is 14.2. The van der Waals surface area contributed by atoms with Crippen LogP contribution in [0.1, 0.15) is 30.1 Å². The van der Waals surface area contributed by atoms with E-state index in [-0.39, 0.29) is 17.8 Å². The van der Waals surface area contributed by atoms with Crippen molar-refractivity contribution >= 4 is 5.91 Å². The lowest BCUT2D eigenvalue weighted by atomic mass is 10.0. The summed E-state index contributed by atoms with van der Waals surface area (Å²) in [6.07, 6.45) is 3.40. The zero-order chi connectivity index (χ0) is 17.6. The van der Waals surface area contributed by atoms with Gasteiger partial charge >= 0.3 is 0 Å². The van der Waals surface area contributed by atoms with Crippen molar-refractivity contribution in [1.82, 2.24) is 15.2 Å². The van der Waals surface area contributed by atoms with Crippen molar-refractivity contribution in [3.8, 4) is 0 Å². The smallest absolute Gasteiger partial charge is 0.242 e. The number of nitrogens with one attached hydrogen (secondary N) is 1. The molecule has 0 bridgehead atoms. The monoisotopic (exact) mass is 343 g/mol. The summed E-state index contributed by atoms with van der Waals surface area (Å²) in [5, 5.41) is 3.04. The molecule has 2 atom stereocenters. The standard InChI is InChI=1S/C19H22FN3O2/c1-14(15-5-7-21-8-6-15)22-19(24)18(23-9-11-25-12-10-23)16-3-2-4-17(20)13-16/h2-8,13-14,18H,9-12H2,1H3,(H,22,24)/t14-,18+/m1/s1. The van der Waals surface area contributed by atoms with Crippen LogP contribution in [0, 0.1) is 5.82 Å². The van der Waals surface area contributed by atoms with Gasteiger partial charge in [-0.05, 0) is 42.3 Å². The molecule has 1 aliphatic heterocycles. The van der Waals surface area contributed by atoms with Crippen molar-refractivity contribution in [1.29, 1.82) is 0 Å². The molecular formula is C19H22FN3O2. The third-order valence-corrected chi connectivity index (χ3v) is 4.39. The summed E-state index contributed by atoms with van der Waals surface area (Å²) >= 11 is 0. The topological polar surface area (TPSA) is 54.5 Å². The molecule has 1 N–H and O–H groups in total. The Labute approximate surface area is 146 Å². The fraction of sp³-hybridized carbons (Fsp3) is 0.368. The summed E-state index contributed by atoms with van der Waals surface area (Å²) in [6.45, 7) is 4.34. The SMILES string of the molecule is C[C@@H](NC(=O)[C@H](c1cccc(F)c1)N1CCOCC1)c1ccncc1. The highest BCUT2D eigenvalue weighted by molar-refractivity contribution is 5.83. The molecule has 0 unspecified atom stereocenters. The molecule has 5 nitrogen and oxygen atoms in total. The summed E-state index contributed by atoms with van der Waals surface area (Å²) < 4.78 is 19.1. The molecule has 0 spiro atoms. The Morgan fingerprint density at radius 2 is 1.92 bits per heavy atom. The normalized spacial score (nSPS) is 17.7. The second-order valence-electron chi connectivity index (χ2n) is 6.12. The van der Waals surface area contributed by atoms with Crippen molar-refractivity contribution in [2.24, 2.45) is 0 Å². The number of halogens is 1. The Balaban J connectivity index is 1.81. The molecule has 132 valence electrons. The summed E-state index contributed by atoms with van der Waals surface area (Å²) in [5.74, 6) is -0.484. The number of ether oxygens (including phenoxy) is 1. The lowest BCUT2D eigenvalue weighted by Crippen LogP contribution is -2.46. The Hall–Kier alpha value is -2.31. The van der Waals surface area contributed by atoms with Crippen LogP contribution in [0.2, 0.25) is 0 Å². The summed E-state index contributed by atoms with van der Waals surface area (Å²) in [6, 6.07) is 9.29. The molecular weight excluding hydrogens is 321 g/mol. The molecule has 0 aliphatic carbocycles. The third kappa shape index (κ3) is 4.41. The van der Waals surface area contributed by atoms with Crippen LogP contribution in [0.25, 0.3) is 0 Å². The maximum absolute atomic E-state index is 13.7. The van der Waals surface area contributed by atoms with Crippen LogP contribution in [-0.4, -0.2) is 42.1 Å². The van der Waals surface area contributed by atoms with Crippen LogP contribution in [-0.2, 0) is 9.53 Å². The van der Waals surface area contributed by atoms with E-state index in [1.54, 1.807) is 24.5 Å². The van der Waals surface area contributed by atoms with Gasteiger partial charge in [-0.15, -0.1) is 0 Å². The van der Waals surface area contributed by atoms with Gasteiger partial charge in [0.25, 0.3) is 0 Å². The van der Waals surface area contributed by atoms with E-state index in [1.807, 2.05) is 24.0 Å². The van der Waals surface area contributed by atoms with Crippen molar-refractivity contribution in [3.05, 3.63) is 65.7 Å². The lowest BCUT2D eigenvalue weighted by molar-refractivity contribution is -0.129. The van der Waals surface area contributed by atoms with Gasteiger partial charge < -0.3 is 10.1 Å². The molecule has 1 aliphatic rings. The molecule has 0 saturated carbocycles. The molecule has 3 rings (SSSR count). The fourth-order valence-corrected chi connectivity index (χ4v) is 3.07. The highest BCUT2D eigenvalue weighted by atomic mass is 19.1. The number of amides is 1. The van der Waals surface area contributed by atoms with Crippen molar-refractivity contribution in [2.45, 2.75) is 19.0 Å². The number of hydrogen-bond donors (Lipinski definition) is 1. The zero-order valence-corrected chi connectivity index (χ0v) is 14.2. The number of morpholine rings is 1. The maximum atomic E-state index is 13.7. The predicted molar refractivity (Wildman–Crippen MR) is 92.3 cm³/mol. The van der Waals surface area contributed by atoms with E-state index in [9.17, 15) is 9.18 Å². The van der Waals surface area contributed by atoms with Crippen molar-refractivity contribution in [3.63, 3.8) is 0 Å². The number of hydrogen-bond acceptors (Lipinski definition) is 4. The Morgan fingerprint density at radius 3 is 2.60 bits per heavy atom. The summed E-state index contributed by atoms with van der Waals surface area (Å²) in [5.41, 5.74) is 1.63. The second kappa shape index (κ2) is 8.18. The second-order valence-corrected chi connectivity index (χ2v) is 6.12. The molecule has 0 radical (unpaired) electrons. The molecule has 1 saturated heterocycles. The predicted octanol–water partition coefficient (Wildman–Crippen LogP) is 2.47. The van der Waals surface area contributed by atoms with Crippen molar-refractivity contribution in [2.75, 3.05) is 26.3 Å². The van der Waals surface area contributed by atoms with Gasteiger partial charge in [-0.2, -0.15) is 0 Å². The number of carbonyl (C=O) groups excluding carboxylic acids is 1. The van der Waals surface area contributed by atoms with Crippen LogP contribution in [0.4, 0.5) is 4.39 Å². The van der Waals surface area contributed by atoms with Gasteiger partial charge in [0, 0.05) is 25.5 Å². The summed E-state index contributed by atoms with van der Waals surface area (Å²) in [7, 11) is 0. The van der Waals surface area contributed by atoms with Gasteiger partial charge in [-0.25, -0.2) is 4.39 Å². The van der Waals surface area contributed by atoms with E-state index >= 15 is 0 Å². The molecule has 1 amide bonds. The average molecular weight is 343 g/mol. The lowest BCUT2D eigenvalue weighted by Gasteiger charge is -2.34. The molecule has 2 heterocycles. The van der Waals surface area contributed by atoms with E-state index in [4.69, 9.17) is 4.74 Å². The average Bonchev–Trinajstić information content (AvgIpc) is 2.63. The minimum atomic E-state index is -0.538. The first-order chi connectivity index (χ1) is 12.1. The van der Waals surface area contributed by atoms with Gasteiger partial charge in [-0.1, -0.05) is 12.1 Å². The number of pyridine rings is 1. The van der Waals surface area contributed by atoms with Crippen LogP contribution >= 0.6 is 0 Å². The maximum Gasteiger partial charge on any atom is 0.242 e. The molecule has 1 aromatic carbocycles. The first-order valence-corrected chi connectivity index (χ1v) is 8.42. The van der Waals surface area contributed by atoms with Gasteiger partial charge in [0.1, 0.15) is 11.9 Å². The Bertz CT molecular complexity index is 705. The Morgan fingerprint density at radius 1 is 1.20 bits per heavy atom. The molecule has 1 aromatic heterocycles. The summed E-state index contributed by atoms with van der Waals surface area (Å²) in [4.78, 5) is 19.0. The Kier molecular flexibility index (Phi) is 5.73. The minimum absolute atomic E-state index is 0.142. The number of aromatic nitrogens is 1. The largest absolute Gasteiger partial charge is 0.379 e. The molecule has 6 heteroatoms. The van der Waals surface area contributed by atoms with Crippen LogP contribution in [0.3, 0.4) is 0 Å². The third-order valence-electron chi connectivity index (χ3n) is 4.39. The van der Waals surface area contributed by atoms with Crippen LogP contribution in [0.15, 0.2) is 48.8 Å². The van der Waals surface area contributed by atoms with Gasteiger partial charge in [0.15, 0.2) is 0 Å². The van der Waals surface area contributed by atoms with E-state index in [0.29, 0.717) is 31.9 Å². The van der Waals surface area contributed by atoms with Gasteiger partial charge in [-0.3, -0.25) is 14.7 Å². The number of benzene rings is 1. The van der Waals surface area contributed by atoms with Crippen molar-refractivity contribution < 1.29 is 13.9 Å². The van der Waals surface area contributed by atoms with E-state index in [1.165, 1.54) is 12.1 Å². The number of rotatable bonds is 5. The molecule has 25 heavy (non-hydrogen) atoms. The van der Waals surface area contributed by atoms with E-state index < -0.39 is 6.04 Å². The quantitative estimate of drug-likeness (QED) is 0.906. The highest BCUT2D eigenvalue weighted by Gasteiger charge is 2.30. The van der Waals surface area contributed by atoms with E-state index in [0.717, 1.165) is 5.56 Å². The van der Waals surface area contributed by atoms with Crippen LogP contribution in [0.5, 0.6) is 0 Å². The number of carbonyl (C=O) groups is 1.